The van der Waals surface area contributed by atoms with Crippen LogP contribution in [-0.4, -0.2) is 22.9 Å². The molecule has 1 aromatic heterocycles. The number of Topliss-reactive ketones (excluding diaryl/α,β-unsaturated/α-hetero) is 1. The van der Waals surface area contributed by atoms with Crippen LogP contribution >= 0.6 is 11.3 Å². The topological polar surface area (TPSA) is 66.8 Å². The predicted molar refractivity (Wildman–Crippen MR) is 132 cm³/mol. The van der Waals surface area contributed by atoms with E-state index in [1.165, 1.54) is 16.2 Å². The summed E-state index contributed by atoms with van der Waals surface area (Å²) in [7, 11) is 0. The molecule has 3 aromatic rings. The Labute approximate surface area is 197 Å². The van der Waals surface area contributed by atoms with Gasteiger partial charge in [0.1, 0.15) is 17.6 Å². The summed E-state index contributed by atoms with van der Waals surface area (Å²) in [5.41, 5.74) is 4.24. The quantitative estimate of drug-likeness (QED) is 0.284. The predicted octanol–water partition coefficient (Wildman–Crippen LogP) is 6.09. The van der Waals surface area contributed by atoms with Crippen molar-refractivity contribution in [3.8, 4) is 5.75 Å². The minimum atomic E-state index is -0.707. The summed E-state index contributed by atoms with van der Waals surface area (Å²) < 4.78 is 5.75. The van der Waals surface area contributed by atoms with Gasteiger partial charge in [0.05, 0.1) is 11.7 Å². The van der Waals surface area contributed by atoms with Gasteiger partial charge in [-0.05, 0) is 87.0 Å². The van der Waals surface area contributed by atoms with Gasteiger partial charge in [0, 0.05) is 16.1 Å². The second-order valence-electron chi connectivity index (χ2n) is 8.60. The number of hydrogen-bond acceptors (Lipinski definition) is 5. The summed E-state index contributed by atoms with van der Waals surface area (Å²) in [6, 6.07) is 13.9. The zero-order valence-electron chi connectivity index (χ0n) is 19.4. The SMILES string of the molecule is Cc1ccc(N2C(=O)C(=O)/C(=C(\O)c3cccc(OC(C)C)c3)C2c2sccc2C)cc1C. The normalized spacial score (nSPS) is 17.8. The van der Waals surface area contributed by atoms with Crippen molar-refractivity contribution in [3.63, 3.8) is 0 Å². The Morgan fingerprint density at radius 1 is 1.00 bits per heavy atom. The fourth-order valence-electron chi connectivity index (χ4n) is 4.03. The van der Waals surface area contributed by atoms with E-state index in [0.29, 0.717) is 17.0 Å². The molecule has 1 unspecified atom stereocenters. The molecule has 4 rings (SSSR count). The third-order valence-electron chi connectivity index (χ3n) is 5.84. The molecule has 0 radical (unpaired) electrons. The van der Waals surface area contributed by atoms with Crippen LogP contribution in [0.5, 0.6) is 5.75 Å². The lowest BCUT2D eigenvalue weighted by molar-refractivity contribution is -0.132. The van der Waals surface area contributed by atoms with Gasteiger partial charge in [-0.15, -0.1) is 11.3 Å². The van der Waals surface area contributed by atoms with E-state index < -0.39 is 17.7 Å². The zero-order valence-corrected chi connectivity index (χ0v) is 20.2. The monoisotopic (exact) mass is 461 g/mol. The van der Waals surface area contributed by atoms with E-state index in [-0.39, 0.29) is 17.4 Å². The number of ether oxygens (including phenoxy) is 1. The largest absolute Gasteiger partial charge is 0.507 e. The standard InChI is InChI=1S/C27H27NO4S/c1-15(2)32-21-8-6-7-19(14-21)24(29)22-23(26-17(4)11-12-33-26)28(27(31)25(22)30)20-10-9-16(3)18(5)13-20/h6-15,23,29H,1-5H3/b24-22-. The number of carbonyl (C=O) groups is 2. The van der Waals surface area contributed by atoms with Gasteiger partial charge >= 0.3 is 0 Å². The maximum atomic E-state index is 13.3. The van der Waals surface area contributed by atoms with Gasteiger partial charge in [0.25, 0.3) is 11.7 Å². The Hall–Kier alpha value is -3.38. The average Bonchev–Trinajstić information content (AvgIpc) is 3.30. The number of aryl methyl sites for hydroxylation is 3. The van der Waals surface area contributed by atoms with Crippen LogP contribution in [0.1, 0.15) is 47.0 Å². The molecule has 1 N–H and O–H groups in total. The van der Waals surface area contributed by atoms with E-state index in [1.54, 1.807) is 24.3 Å². The van der Waals surface area contributed by atoms with E-state index in [4.69, 9.17) is 4.74 Å². The van der Waals surface area contributed by atoms with Gasteiger partial charge in [-0.2, -0.15) is 0 Å². The fourth-order valence-corrected chi connectivity index (χ4v) is 5.06. The van der Waals surface area contributed by atoms with Gasteiger partial charge in [-0.3, -0.25) is 14.5 Å². The molecule has 2 heterocycles. The molecular formula is C27H27NO4S. The molecule has 1 aliphatic rings. The first-order valence-corrected chi connectivity index (χ1v) is 11.8. The fraction of sp³-hybridized carbons (Fsp3) is 0.259. The second-order valence-corrected chi connectivity index (χ2v) is 9.55. The molecule has 1 aliphatic heterocycles. The smallest absolute Gasteiger partial charge is 0.300 e. The molecule has 0 spiro atoms. The van der Waals surface area contributed by atoms with Crippen molar-refractivity contribution in [2.24, 2.45) is 0 Å². The van der Waals surface area contributed by atoms with Crippen LogP contribution in [-0.2, 0) is 9.59 Å². The van der Waals surface area contributed by atoms with Crippen molar-refractivity contribution in [1.29, 1.82) is 0 Å². The van der Waals surface area contributed by atoms with Gasteiger partial charge in [-0.25, -0.2) is 0 Å². The van der Waals surface area contributed by atoms with Crippen LogP contribution in [0.25, 0.3) is 5.76 Å². The Morgan fingerprint density at radius 3 is 2.39 bits per heavy atom. The van der Waals surface area contributed by atoms with E-state index in [2.05, 4.69) is 0 Å². The molecule has 0 bridgehead atoms. The van der Waals surface area contributed by atoms with Crippen LogP contribution in [0, 0.1) is 20.8 Å². The summed E-state index contributed by atoms with van der Waals surface area (Å²) in [5.74, 6) is -0.959. The van der Waals surface area contributed by atoms with Gasteiger partial charge < -0.3 is 9.84 Å². The summed E-state index contributed by atoms with van der Waals surface area (Å²) >= 11 is 1.47. The van der Waals surface area contributed by atoms with Crippen molar-refractivity contribution in [1.82, 2.24) is 0 Å². The molecule has 1 atom stereocenters. The van der Waals surface area contributed by atoms with Crippen LogP contribution in [0.15, 0.2) is 59.5 Å². The summed E-state index contributed by atoms with van der Waals surface area (Å²) in [6.07, 6.45) is -0.0356. The minimum Gasteiger partial charge on any atom is -0.507 e. The Morgan fingerprint density at radius 2 is 1.76 bits per heavy atom. The number of aliphatic hydroxyl groups is 1. The van der Waals surface area contributed by atoms with Crippen LogP contribution in [0.2, 0.25) is 0 Å². The number of aliphatic hydroxyl groups excluding tert-OH is 1. The lowest BCUT2D eigenvalue weighted by atomic mass is 9.98. The highest BCUT2D eigenvalue weighted by Gasteiger charge is 2.48. The van der Waals surface area contributed by atoms with E-state index in [9.17, 15) is 14.7 Å². The Balaban J connectivity index is 1.91. The highest BCUT2D eigenvalue weighted by Crippen LogP contribution is 2.45. The first kappa shape index (κ1) is 22.8. The third-order valence-corrected chi connectivity index (χ3v) is 6.91. The number of thiophene rings is 1. The van der Waals surface area contributed by atoms with E-state index in [1.807, 2.05) is 64.3 Å². The van der Waals surface area contributed by atoms with Gasteiger partial charge in [0.2, 0.25) is 0 Å². The van der Waals surface area contributed by atoms with Crippen LogP contribution in [0.3, 0.4) is 0 Å². The molecule has 5 nitrogen and oxygen atoms in total. The highest BCUT2D eigenvalue weighted by atomic mass is 32.1. The lowest BCUT2D eigenvalue weighted by Crippen LogP contribution is -2.29. The molecule has 1 fully saturated rings. The molecular weight excluding hydrogens is 434 g/mol. The van der Waals surface area contributed by atoms with Gasteiger partial charge in [0.15, 0.2) is 0 Å². The molecule has 6 heteroatoms. The van der Waals surface area contributed by atoms with Crippen molar-refractivity contribution in [2.45, 2.75) is 46.8 Å². The number of rotatable bonds is 5. The first-order chi connectivity index (χ1) is 15.7. The third kappa shape index (κ3) is 4.18. The molecule has 0 aliphatic carbocycles. The molecule has 1 amide bonds. The van der Waals surface area contributed by atoms with Crippen molar-refractivity contribution >= 4 is 34.5 Å². The van der Waals surface area contributed by atoms with E-state index >= 15 is 0 Å². The first-order valence-electron chi connectivity index (χ1n) is 10.9. The second kappa shape index (κ2) is 8.87. The highest BCUT2D eigenvalue weighted by molar-refractivity contribution is 7.10. The number of anilines is 1. The zero-order chi connectivity index (χ0) is 23.9. The summed E-state index contributed by atoms with van der Waals surface area (Å²) in [6.45, 7) is 9.76. The van der Waals surface area contributed by atoms with Gasteiger partial charge in [-0.1, -0.05) is 18.2 Å². The number of nitrogens with zero attached hydrogens (tertiary/aromatic N) is 1. The number of benzene rings is 2. The number of carbonyl (C=O) groups excluding carboxylic acids is 2. The van der Waals surface area contributed by atoms with Crippen LogP contribution < -0.4 is 9.64 Å². The lowest BCUT2D eigenvalue weighted by Gasteiger charge is -2.25. The van der Waals surface area contributed by atoms with Crippen molar-refractivity contribution in [3.05, 3.63) is 86.6 Å². The molecule has 0 saturated carbocycles. The Kier molecular flexibility index (Phi) is 6.13. The van der Waals surface area contributed by atoms with E-state index in [0.717, 1.165) is 21.6 Å². The maximum Gasteiger partial charge on any atom is 0.300 e. The summed E-state index contributed by atoms with van der Waals surface area (Å²) in [4.78, 5) is 28.9. The van der Waals surface area contributed by atoms with Crippen molar-refractivity contribution < 1.29 is 19.4 Å². The van der Waals surface area contributed by atoms with Crippen LogP contribution in [0.4, 0.5) is 5.69 Å². The number of ketones is 1. The molecule has 170 valence electrons. The Bertz CT molecular complexity index is 1270. The molecule has 33 heavy (non-hydrogen) atoms. The minimum absolute atomic E-state index is 0.0356. The molecule has 1 saturated heterocycles. The summed E-state index contributed by atoms with van der Waals surface area (Å²) in [5, 5.41) is 13.3. The molecule has 2 aromatic carbocycles. The maximum absolute atomic E-state index is 13.3. The average molecular weight is 462 g/mol. The van der Waals surface area contributed by atoms with Crippen molar-refractivity contribution in [2.75, 3.05) is 4.90 Å². The number of amides is 1. The number of hydrogen-bond donors (Lipinski definition) is 1.